The highest BCUT2D eigenvalue weighted by atomic mass is 79.9. The molecule has 4 aromatic rings. The van der Waals surface area contributed by atoms with Crippen LogP contribution in [0.3, 0.4) is 0 Å². The summed E-state index contributed by atoms with van der Waals surface area (Å²) in [6, 6.07) is 12.4. The Kier molecular flexibility index (Phi) is 5.28. The van der Waals surface area contributed by atoms with Gasteiger partial charge in [-0.25, -0.2) is 0 Å². The molecule has 4 rings (SSSR count). The Bertz CT molecular complexity index is 1080. The summed E-state index contributed by atoms with van der Waals surface area (Å²) in [6.45, 7) is 8.09. The molecule has 0 aliphatic carbocycles. The summed E-state index contributed by atoms with van der Waals surface area (Å²) < 4.78 is 1.09. The average Bonchev–Trinajstić information content (AvgIpc) is 3.05. The van der Waals surface area contributed by atoms with Gasteiger partial charge in [-0.1, -0.05) is 24.3 Å². The van der Waals surface area contributed by atoms with Gasteiger partial charge in [-0.15, -0.1) is 0 Å². The SMILES string of the molecule is Cc1ccc2c(C)c(B(O)O)[nH]c2c1.Cc1ccc2c(C)c(Br)[nH]c2c1. The van der Waals surface area contributed by atoms with E-state index in [2.05, 4.69) is 57.9 Å². The first-order valence-electron chi connectivity index (χ1n) is 8.47. The summed E-state index contributed by atoms with van der Waals surface area (Å²) >= 11 is 3.48. The zero-order valence-corrected chi connectivity index (χ0v) is 16.9. The topological polar surface area (TPSA) is 72.0 Å². The Morgan fingerprint density at radius 1 is 0.769 bits per heavy atom. The number of nitrogens with one attached hydrogen (secondary N) is 2. The van der Waals surface area contributed by atoms with E-state index in [4.69, 9.17) is 10.0 Å². The molecule has 134 valence electrons. The normalized spacial score (nSPS) is 10.9. The second-order valence-electron chi connectivity index (χ2n) is 6.70. The van der Waals surface area contributed by atoms with Crippen molar-refractivity contribution < 1.29 is 10.0 Å². The third-order valence-electron chi connectivity index (χ3n) is 4.66. The lowest BCUT2D eigenvalue weighted by atomic mass is 9.83. The molecule has 0 radical (unpaired) electrons. The van der Waals surface area contributed by atoms with Gasteiger partial charge in [0.25, 0.3) is 0 Å². The van der Waals surface area contributed by atoms with Gasteiger partial charge in [0.05, 0.1) is 4.60 Å². The maximum atomic E-state index is 9.10. The number of H-pyrrole nitrogens is 2. The number of hydrogen-bond donors (Lipinski definition) is 4. The van der Waals surface area contributed by atoms with Gasteiger partial charge in [0.2, 0.25) is 0 Å². The summed E-state index contributed by atoms with van der Waals surface area (Å²) in [6.07, 6.45) is 0. The van der Waals surface area contributed by atoms with Crippen molar-refractivity contribution in [2.75, 3.05) is 0 Å². The molecular formula is C20H22BBrN2O2. The van der Waals surface area contributed by atoms with Crippen molar-refractivity contribution in [1.29, 1.82) is 0 Å². The number of aromatic amines is 2. The molecule has 2 heterocycles. The van der Waals surface area contributed by atoms with E-state index in [1.165, 1.54) is 22.0 Å². The molecule has 0 atom stereocenters. The van der Waals surface area contributed by atoms with Crippen LogP contribution >= 0.6 is 15.9 Å². The minimum atomic E-state index is -1.43. The number of aryl methyl sites for hydroxylation is 4. The van der Waals surface area contributed by atoms with Crippen LogP contribution in [-0.4, -0.2) is 27.1 Å². The molecule has 4 nitrogen and oxygen atoms in total. The van der Waals surface area contributed by atoms with Gasteiger partial charge in [-0.05, 0) is 78.0 Å². The Hall–Kier alpha value is -2.02. The predicted octanol–water partition coefficient (Wildman–Crippen LogP) is 4.01. The Morgan fingerprint density at radius 2 is 1.27 bits per heavy atom. The van der Waals surface area contributed by atoms with Crippen LogP contribution in [0.5, 0.6) is 0 Å². The van der Waals surface area contributed by atoms with E-state index in [1.54, 1.807) is 0 Å². The molecule has 6 heteroatoms. The molecule has 0 unspecified atom stereocenters. The lowest BCUT2D eigenvalue weighted by molar-refractivity contribution is 0.424. The lowest BCUT2D eigenvalue weighted by Gasteiger charge is -1.95. The van der Waals surface area contributed by atoms with Crippen LogP contribution in [0, 0.1) is 27.7 Å². The summed E-state index contributed by atoms with van der Waals surface area (Å²) in [5.41, 5.74) is 7.25. The molecule has 2 aromatic carbocycles. The van der Waals surface area contributed by atoms with E-state index in [-0.39, 0.29) is 0 Å². The third kappa shape index (κ3) is 3.58. The fourth-order valence-electron chi connectivity index (χ4n) is 3.15. The largest absolute Gasteiger partial charge is 0.505 e. The first-order valence-corrected chi connectivity index (χ1v) is 9.26. The summed E-state index contributed by atoms with van der Waals surface area (Å²) in [7, 11) is -1.43. The molecule has 2 aromatic heterocycles. The number of hydrogen-bond acceptors (Lipinski definition) is 2. The highest BCUT2D eigenvalue weighted by molar-refractivity contribution is 9.10. The number of halogens is 1. The third-order valence-corrected chi connectivity index (χ3v) is 5.46. The van der Waals surface area contributed by atoms with E-state index in [1.807, 2.05) is 32.0 Å². The van der Waals surface area contributed by atoms with E-state index < -0.39 is 7.12 Å². The van der Waals surface area contributed by atoms with Gasteiger partial charge in [-0.3, -0.25) is 0 Å². The van der Waals surface area contributed by atoms with Crippen LogP contribution < -0.4 is 5.59 Å². The van der Waals surface area contributed by atoms with E-state index >= 15 is 0 Å². The number of aromatic nitrogens is 2. The zero-order valence-electron chi connectivity index (χ0n) is 15.3. The molecule has 0 aliphatic rings. The molecule has 0 amide bonds. The maximum absolute atomic E-state index is 9.10. The van der Waals surface area contributed by atoms with Crippen LogP contribution in [0.15, 0.2) is 41.0 Å². The Balaban J connectivity index is 0.000000152. The van der Waals surface area contributed by atoms with Crippen molar-refractivity contribution in [2.24, 2.45) is 0 Å². The Morgan fingerprint density at radius 3 is 1.81 bits per heavy atom. The second-order valence-corrected chi connectivity index (χ2v) is 7.49. The first kappa shape index (κ1) is 18.8. The van der Waals surface area contributed by atoms with Gasteiger partial charge in [0.15, 0.2) is 0 Å². The fraction of sp³-hybridized carbons (Fsp3) is 0.200. The van der Waals surface area contributed by atoms with Crippen LogP contribution in [0.1, 0.15) is 22.3 Å². The van der Waals surface area contributed by atoms with E-state index in [0.29, 0.717) is 5.59 Å². The van der Waals surface area contributed by atoms with Crippen molar-refractivity contribution in [2.45, 2.75) is 27.7 Å². The van der Waals surface area contributed by atoms with Crippen molar-refractivity contribution in [3.8, 4) is 0 Å². The second kappa shape index (κ2) is 7.31. The van der Waals surface area contributed by atoms with Crippen LogP contribution in [0.4, 0.5) is 0 Å². The average molecular weight is 413 g/mol. The van der Waals surface area contributed by atoms with Crippen LogP contribution in [0.2, 0.25) is 0 Å². The number of benzene rings is 2. The molecule has 0 saturated heterocycles. The van der Waals surface area contributed by atoms with E-state index in [9.17, 15) is 0 Å². The molecule has 0 saturated carbocycles. The van der Waals surface area contributed by atoms with Gasteiger partial charge >= 0.3 is 7.12 Å². The molecule has 4 N–H and O–H groups in total. The van der Waals surface area contributed by atoms with Gasteiger partial charge < -0.3 is 20.0 Å². The van der Waals surface area contributed by atoms with Crippen LogP contribution in [0.25, 0.3) is 21.8 Å². The van der Waals surface area contributed by atoms with Crippen LogP contribution in [-0.2, 0) is 0 Å². The van der Waals surface area contributed by atoms with Gasteiger partial charge in [-0.2, -0.15) is 0 Å². The smallest absolute Gasteiger partial charge is 0.422 e. The maximum Gasteiger partial charge on any atom is 0.505 e. The summed E-state index contributed by atoms with van der Waals surface area (Å²) in [4.78, 5) is 6.29. The zero-order chi connectivity index (χ0) is 19.0. The molecule has 0 bridgehead atoms. The minimum Gasteiger partial charge on any atom is -0.422 e. The van der Waals surface area contributed by atoms with Gasteiger partial charge in [0, 0.05) is 27.4 Å². The van der Waals surface area contributed by atoms with Crippen molar-refractivity contribution in [3.05, 3.63) is 63.3 Å². The molecule has 0 fully saturated rings. The van der Waals surface area contributed by atoms with Crippen molar-refractivity contribution in [3.63, 3.8) is 0 Å². The van der Waals surface area contributed by atoms with Crippen molar-refractivity contribution in [1.82, 2.24) is 9.97 Å². The summed E-state index contributed by atoms with van der Waals surface area (Å²) in [5.74, 6) is 0. The monoisotopic (exact) mass is 412 g/mol. The fourth-order valence-corrected chi connectivity index (χ4v) is 3.58. The highest BCUT2D eigenvalue weighted by Gasteiger charge is 2.18. The van der Waals surface area contributed by atoms with Gasteiger partial charge in [0.1, 0.15) is 0 Å². The Labute approximate surface area is 161 Å². The first-order chi connectivity index (χ1) is 12.3. The molecule has 0 spiro atoms. The lowest BCUT2D eigenvalue weighted by Crippen LogP contribution is -2.32. The molecular weight excluding hydrogens is 391 g/mol. The van der Waals surface area contributed by atoms with Crippen molar-refractivity contribution >= 4 is 50.4 Å². The number of fused-ring (bicyclic) bond motifs is 2. The van der Waals surface area contributed by atoms with E-state index in [0.717, 1.165) is 26.6 Å². The molecule has 26 heavy (non-hydrogen) atoms. The minimum absolute atomic E-state index is 0.477. The highest BCUT2D eigenvalue weighted by Crippen LogP contribution is 2.25. The standard InChI is InChI=1S/C10H12BNO2.C10H10BrN/c1-6-3-4-8-7(2)10(11(13)14)12-9(8)5-6;1-6-3-4-8-7(2)10(11)12-9(8)5-6/h3-5,12-14H,1-2H3;3-5,12H,1-2H3. The predicted molar refractivity (Wildman–Crippen MR) is 113 cm³/mol. The quantitative estimate of drug-likeness (QED) is 0.356. The number of rotatable bonds is 1. The summed E-state index contributed by atoms with van der Waals surface area (Å²) in [5, 5.41) is 20.5. The molecule has 0 aliphatic heterocycles.